The smallest absolute Gasteiger partial charge is 0.313 e. The van der Waals surface area contributed by atoms with Gasteiger partial charge in [0.25, 0.3) is 0 Å². The fraction of sp³-hybridized carbons (Fsp3) is 0.750. The average Bonchev–Trinajstić information content (AvgIpc) is 3.20. The number of hydrogen-bond donors (Lipinski definition) is 1. The lowest BCUT2D eigenvalue weighted by atomic mass is 9.73. The molecule has 0 radical (unpaired) electrons. The Kier molecular flexibility index (Phi) is 7.95. The van der Waals surface area contributed by atoms with E-state index in [1.165, 1.54) is 0 Å². The third-order valence-electron chi connectivity index (χ3n) is 8.30. The molecular formula is C28H42N2O6. The largest absolute Gasteiger partial charge is 0.465 e. The maximum absolute atomic E-state index is 14.3. The van der Waals surface area contributed by atoms with Gasteiger partial charge in [0.15, 0.2) is 0 Å². The highest BCUT2D eigenvalue weighted by molar-refractivity contribution is 5.99. The van der Waals surface area contributed by atoms with Gasteiger partial charge in [0.2, 0.25) is 11.8 Å². The molecule has 8 nitrogen and oxygen atoms in total. The molecule has 0 bridgehead atoms. The quantitative estimate of drug-likeness (QED) is 0.296. The molecule has 36 heavy (non-hydrogen) atoms. The summed E-state index contributed by atoms with van der Waals surface area (Å²) in [6, 6.07) is -1.48. The first kappa shape index (κ1) is 26.9. The van der Waals surface area contributed by atoms with Crippen LogP contribution in [0.15, 0.2) is 24.3 Å². The number of unbranched alkanes of at least 4 members (excludes halogenated alkanes) is 2. The van der Waals surface area contributed by atoms with Gasteiger partial charge in [-0.05, 0) is 31.6 Å². The van der Waals surface area contributed by atoms with E-state index in [1.807, 2.05) is 45.1 Å². The van der Waals surface area contributed by atoms with Crippen LogP contribution in [0, 0.1) is 17.8 Å². The zero-order valence-corrected chi connectivity index (χ0v) is 22.2. The van der Waals surface area contributed by atoms with Crippen molar-refractivity contribution in [2.75, 3.05) is 26.3 Å². The van der Waals surface area contributed by atoms with E-state index < -0.39 is 41.1 Å². The van der Waals surface area contributed by atoms with Gasteiger partial charge in [0.1, 0.15) is 23.2 Å². The number of ether oxygens (including phenoxy) is 2. The van der Waals surface area contributed by atoms with Crippen molar-refractivity contribution < 1.29 is 29.0 Å². The van der Waals surface area contributed by atoms with Gasteiger partial charge < -0.3 is 24.4 Å². The van der Waals surface area contributed by atoms with Gasteiger partial charge in [0, 0.05) is 13.1 Å². The molecule has 4 rings (SSSR count). The molecular weight excluding hydrogens is 460 g/mol. The van der Waals surface area contributed by atoms with Crippen LogP contribution in [0.3, 0.4) is 0 Å². The lowest BCUT2D eigenvalue weighted by molar-refractivity contribution is -0.163. The summed E-state index contributed by atoms with van der Waals surface area (Å²) < 4.78 is 12.5. The van der Waals surface area contributed by atoms with E-state index in [2.05, 4.69) is 6.92 Å². The third-order valence-corrected chi connectivity index (χ3v) is 8.30. The highest BCUT2D eigenvalue weighted by atomic mass is 16.6. The molecule has 0 aliphatic carbocycles. The Bertz CT molecular complexity index is 916. The van der Waals surface area contributed by atoms with Crippen LogP contribution in [-0.2, 0) is 23.9 Å². The van der Waals surface area contributed by atoms with Crippen molar-refractivity contribution in [3.05, 3.63) is 24.3 Å². The van der Waals surface area contributed by atoms with E-state index in [-0.39, 0.29) is 30.9 Å². The molecule has 4 aliphatic rings. The van der Waals surface area contributed by atoms with E-state index in [0.29, 0.717) is 32.4 Å². The number of likely N-dealkylation sites (tertiary alicyclic amines) is 1. The second-order valence-corrected chi connectivity index (χ2v) is 11.1. The number of nitrogens with zero attached hydrogens (tertiary/aromatic N) is 2. The summed E-state index contributed by atoms with van der Waals surface area (Å²) >= 11 is 0. The number of carbonyl (C=O) groups is 3. The van der Waals surface area contributed by atoms with Crippen molar-refractivity contribution in [1.29, 1.82) is 0 Å². The molecule has 8 heteroatoms. The Morgan fingerprint density at radius 1 is 1.08 bits per heavy atom. The monoisotopic (exact) mass is 502 g/mol. The van der Waals surface area contributed by atoms with Crippen LogP contribution in [-0.4, -0.2) is 82.3 Å². The summed E-state index contributed by atoms with van der Waals surface area (Å²) in [5, 5.41) is 10.4. The maximum Gasteiger partial charge on any atom is 0.313 e. The lowest BCUT2D eigenvalue weighted by Crippen LogP contribution is -2.59. The standard InChI is InChI=1S/C28H42N2O6/c1-5-7-9-14-29-15-11-13-28-21(22-26(34)35-16-10-8-12-27(22,6-2)36-28)24(32)30(23(28)25(29)33)20(18-31)17-19(3)4/h8,11-13,19-23,31H,5-7,9-10,14-18H2,1-4H3/t20-,21+,22+,23?,27-,28+/m1/s1. The molecule has 200 valence electrons. The molecule has 0 saturated carbocycles. The number of fused-ring (bicyclic) bond motifs is 2. The molecule has 6 atom stereocenters. The zero-order chi connectivity index (χ0) is 26.1. The third kappa shape index (κ3) is 4.30. The number of aliphatic hydroxyl groups is 1. The minimum atomic E-state index is -1.30. The number of rotatable bonds is 9. The first-order chi connectivity index (χ1) is 17.3. The second-order valence-electron chi connectivity index (χ2n) is 11.1. The second kappa shape index (κ2) is 10.7. The Labute approximate surface area is 214 Å². The van der Waals surface area contributed by atoms with Crippen LogP contribution >= 0.6 is 0 Å². The highest BCUT2D eigenvalue weighted by Crippen LogP contribution is 2.58. The number of amides is 2. The number of aliphatic hydroxyl groups excluding tert-OH is 1. The van der Waals surface area contributed by atoms with Gasteiger partial charge in [-0.2, -0.15) is 0 Å². The predicted molar refractivity (Wildman–Crippen MR) is 135 cm³/mol. The fourth-order valence-electron chi connectivity index (χ4n) is 6.68. The van der Waals surface area contributed by atoms with Crippen molar-refractivity contribution in [3.63, 3.8) is 0 Å². The molecule has 1 N–H and O–H groups in total. The van der Waals surface area contributed by atoms with Gasteiger partial charge in [-0.15, -0.1) is 0 Å². The van der Waals surface area contributed by atoms with Crippen LogP contribution in [0.2, 0.25) is 0 Å². The molecule has 1 spiro atoms. The lowest BCUT2D eigenvalue weighted by Gasteiger charge is -2.41. The van der Waals surface area contributed by atoms with Crippen molar-refractivity contribution in [2.24, 2.45) is 17.8 Å². The first-order valence-corrected chi connectivity index (χ1v) is 13.7. The normalized spacial score (nSPS) is 34.7. The van der Waals surface area contributed by atoms with Gasteiger partial charge in [-0.1, -0.05) is 64.8 Å². The summed E-state index contributed by atoms with van der Waals surface area (Å²) in [4.78, 5) is 45.3. The van der Waals surface area contributed by atoms with Crippen LogP contribution in [0.4, 0.5) is 0 Å². The van der Waals surface area contributed by atoms with Crippen LogP contribution < -0.4 is 0 Å². The number of carbonyl (C=O) groups excluding carboxylic acids is 3. The minimum Gasteiger partial charge on any atom is -0.465 e. The van der Waals surface area contributed by atoms with E-state index in [1.54, 1.807) is 9.80 Å². The van der Waals surface area contributed by atoms with Gasteiger partial charge in [-0.25, -0.2) is 0 Å². The maximum atomic E-state index is 14.3. The zero-order valence-electron chi connectivity index (χ0n) is 22.2. The molecule has 0 aromatic carbocycles. The molecule has 1 unspecified atom stereocenters. The van der Waals surface area contributed by atoms with Crippen molar-refractivity contribution in [1.82, 2.24) is 9.80 Å². The van der Waals surface area contributed by atoms with Gasteiger partial charge >= 0.3 is 5.97 Å². The summed E-state index contributed by atoms with van der Waals surface area (Å²) in [6.07, 6.45) is 12.2. The fourth-order valence-corrected chi connectivity index (χ4v) is 6.68. The van der Waals surface area contributed by atoms with Crippen molar-refractivity contribution in [2.45, 2.75) is 89.5 Å². The molecule has 4 heterocycles. The summed E-state index contributed by atoms with van der Waals surface area (Å²) in [6.45, 7) is 9.13. The summed E-state index contributed by atoms with van der Waals surface area (Å²) in [5.41, 5.74) is -2.33. The molecule has 4 aliphatic heterocycles. The number of cyclic esters (lactones) is 1. The van der Waals surface area contributed by atoms with Gasteiger partial charge in [-0.3, -0.25) is 14.4 Å². The summed E-state index contributed by atoms with van der Waals surface area (Å²) in [5.74, 6) is -2.48. The molecule has 2 fully saturated rings. The van der Waals surface area contributed by atoms with E-state index in [9.17, 15) is 19.5 Å². The molecule has 0 aromatic rings. The van der Waals surface area contributed by atoms with Crippen LogP contribution in [0.25, 0.3) is 0 Å². The molecule has 0 aromatic heterocycles. The Morgan fingerprint density at radius 3 is 2.53 bits per heavy atom. The predicted octanol–water partition coefficient (Wildman–Crippen LogP) is 2.85. The number of hydrogen-bond acceptors (Lipinski definition) is 6. The topological polar surface area (TPSA) is 96.4 Å². The Morgan fingerprint density at radius 2 is 1.86 bits per heavy atom. The van der Waals surface area contributed by atoms with E-state index in [0.717, 1.165) is 19.3 Å². The van der Waals surface area contributed by atoms with Crippen LogP contribution in [0.5, 0.6) is 0 Å². The SMILES string of the molecule is CCCCCN1CC=C[C@]23O[C@]4(CC)C=CCCOC(=O)[C@@H]4[C@H]2C(=O)N([C@@H](CO)CC(C)C)C3C1=O. The van der Waals surface area contributed by atoms with E-state index in [4.69, 9.17) is 9.47 Å². The van der Waals surface area contributed by atoms with E-state index >= 15 is 0 Å². The molecule has 2 saturated heterocycles. The highest BCUT2D eigenvalue weighted by Gasteiger charge is 2.75. The minimum absolute atomic E-state index is 0.174. The Balaban J connectivity index is 1.85. The first-order valence-electron chi connectivity index (χ1n) is 13.7. The molecule has 2 amide bonds. The Hall–Kier alpha value is -2.19. The summed E-state index contributed by atoms with van der Waals surface area (Å²) in [7, 11) is 0. The van der Waals surface area contributed by atoms with Crippen molar-refractivity contribution in [3.8, 4) is 0 Å². The van der Waals surface area contributed by atoms with Gasteiger partial charge in [0.05, 0.1) is 25.2 Å². The van der Waals surface area contributed by atoms with Crippen LogP contribution in [0.1, 0.15) is 66.2 Å². The average molecular weight is 503 g/mol. The van der Waals surface area contributed by atoms with Crippen molar-refractivity contribution >= 4 is 17.8 Å². The number of esters is 1.